The highest BCUT2D eigenvalue weighted by Gasteiger charge is 2.02. The van der Waals surface area contributed by atoms with E-state index in [4.69, 9.17) is 52.1 Å². The summed E-state index contributed by atoms with van der Waals surface area (Å²) in [6, 6.07) is 9.51. The molecule has 0 aromatic heterocycles. The molecule has 1 aromatic carbocycles. The van der Waals surface area contributed by atoms with Crippen LogP contribution >= 0.6 is 0 Å². The predicted octanol–water partition coefficient (Wildman–Crippen LogP) is 3.66. The molecule has 1 aromatic rings. The zero-order valence-corrected chi connectivity index (χ0v) is 28.7. The first-order valence-corrected chi connectivity index (χ1v) is 17.0. The van der Waals surface area contributed by atoms with Crippen LogP contribution in [0.5, 0.6) is 0 Å². The van der Waals surface area contributed by atoms with Crippen molar-refractivity contribution in [2.75, 3.05) is 139 Å². The average molecular weight is 676 g/mol. The predicted molar refractivity (Wildman–Crippen MR) is 177 cm³/mol. The van der Waals surface area contributed by atoms with Crippen molar-refractivity contribution in [3.8, 4) is 0 Å². The number of alkyl carbamates (subject to hydrolysis) is 1. The third-order valence-electron chi connectivity index (χ3n) is 6.22. The average Bonchev–Trinajstić information content (AvgIpc) is 3.09. The maximum absolute atomic E-state index is 11.6. The minimum atomic E-state index is -0.467. The highest BCUT2D eigenvalue weighted by Crippen LogP contribution is 2.00. The van der Waals surface area contributed by atoms with E-state index in [1.165, 1.54) is 19.3 Å². The van der Waals surface area contributed by atoms with Crippen LogP contribution in [-0.2, 0) is 58.7 Å². The number of ether oxygens (including phenoxy) is 11. The fourth-order valence-corrected chi connectivity index (χ4v) is 3.71. The lowest BCUT2D eigenvalue weighted by Crippen LogP contribution is -2.28. The second-order valence-electron chi connectivity index (χ2n) is 10.2. The Hall–Kier alpha value is -1.91. The van der Waals surface area contributed by atoms with Gasteiger partial charge in [0.1, 0.15) is 6.61 Å². The summed E-state index contributed by atoms with van der Waals surface area (Å²) in [7, 11) is 0. The van der Waals surface area contributed by atoms with Gasteiger partial charge in [-0.15, -0.1) is 0 Å². The Morgan fingerprint density at radius 1 is 0.468 bits per heavy atom. The summed E-state index contributed by atoms with van der Waals surface area (Å²) in [6.45, 7) is 13.3. The largest absolute Gasteiger partial charge is 0.445 e. The number of rotatable bonds is 37. The van der Waals surface area contributed by atoms with Crippen LogP contribution in [0.2, 0.25) is 0 Å². The molecule has 0 radical (unpaired) electrons. The Kier molecular flexibility index (Phi) is 33.9. The third-order valence-corrected chi connectivity index (χ3v) is 6.22. The number of nitrogens with one attached hydrogen (secondary N) is 1. The van der Waals surface area contributed by atoms with E-state index in [1.807, 2.05) is 30.3 Å². The maximum Gasteiger partial charge on any atom is 0.407 e. The number of amides is 1. The van der Waals surface area contributed by atoms with Gasteiger partial charge in [0.25, 0.3) is 0 Å². The second kappa shape index (κ2) is 36.9. The molecule has 274 valence electrons. The highest BCUT2D eigenvalue weighted by molar-refractivity contribution is 5.67. The van der Waals surface area contributed by atoms with Gasteiger partial charge in [0.05, 0.1) is 126 Å². The molecule has 0 bridgehead atoms. The fraction of sp³-hybridized carbons (Fsp3) is 0.794. The van der Waals surface area contributed by atoms with E-state index in [0.29, 0.717) is 132 Å². The van der Waals surface area contributed by atoms with E-state index in [9.17, 15) is 4.79 Å². The van der Waals surface area contributed by atoms with Gasteiger partial charge in [0.2, 0.25) is 0 Å². The van der Waals surface area contributed by atoms with Crippen molar-refractivity contribution in [2.24, 2.45) is 0 Å². The summed E-state index contributed by atoms with van der Waals surface area (Å²) in [5, 5.41) is 2.64. The Labute approximate surface area is 282 Å². The molecule has 0 aliphatic carbocycles. The fourth-order valence-electron chi connectivity index (χ4n) is 3.71. The SMILES string of the molecule is CCCCCCOCCOCCOCCOCCOCCOCCOCCOCCOCCOCCNC(=O)OCc1ccccc1. The molecule has 0 spiro atoms. The molecule has 0 saturated heterocycles. The van der Waals surface area contributed by atoms with Crippen LogP contribution in [-0.4, -0.2) is 145 Å². The van der Waals surface area contributed by atoms with Gasteiger partial charge in [-0.25, -0.2) is 4.79 Å². The summed E-state index contributed by atoms with van der Waals surface area (Å²) in [5.74, 6) is 0. The van der Waals surface area contributed by atoms with Crippen molar-refractivity contribution in [2.45, 2.75) is 39.2 Å². The molecule has 13 heteroatoms. The van der Waals surface area contributed by atoms with E-state index < -0.39 is 6.09 Å². The molecular weight excluding hydrogens is 614 g/mol. The summed E-state index contributed by atoms with van der Waals surface area (Å²) < 4.78 is 59.9. The third kappa shape index (κ3) is 33.8. The number of benzene rings is 1. The molecule has 1 rings (SSSR count). The van der Waals surface area contributed by atoms with Gasteiger partial charge < -0.3 is 57.4 Å². The zero-order chi connectivity index (χ0) is 33.6. The summed E-state index contributed by atoms with van der Waals surface area (Å²) in [4.78, 5) is 11.6. The molecule has 0 unspecified atom stereocenters. The van der Waals surface area contributed by atoms with Crippen LogP contribution in [0.3, 0.4) is 0 Å². The molecule has 0 heterocycles. The lowest BCUT2D eigenvalue weighted by atomic mass is 10.2. The first kappa shape index (κ1) is 43.1. The van der Waals surface area contributed by atoms with Crippen molar-refractivity contribution in [1.29, 1.82) is 0 Å². The van der Waals surface area contributed by atoms with Crippen LogP contribution < -0.4 is 5.32 Å². The number of carbonyl (C=O) groups excluding carboxylic acids is 1. The van der Waals surface area contributed by atoms with E-state index in [1.54, 1.807) is 0 Å². The van der Waals surface area contributed by atoms with Gasteiger partial charge in [-0.1, -0.05) is 56.5 Å². The molecule has 0 saturated carbocycles. The van der Waals surface area contributed by atoms with Crippen LogP contribution in [0.1, 0.15) is 38.2 Å². The number of unbranched alkanes of at least 4 members (excludes halogenated alkanes) is 3. The molecule has 13 nitrogen and oxygen atoms in total. The van der Waals surface area contributed by atoms with E-state index in [0.717, 1.165) is 18.6 Å². The van der Waals surface area contributed by atoms with Gasteiger partial charge in [0.15, 0.2) is 0 Å². The van der Waals surface area contributed by atoms with Crippen LogP contribution in [0.25, 0.3) is 0 Å². The highest BCUT2D eigenvalue weighted by atomic mass is 16.6. The minimum absolute atomic E-state index is 0.240. The van der Waals surface area contributed by atoms with Crippen LogP contribution in [0.4, 0.5) is 4.79 Å². The monoisotopic (exact) mass is 675 g/mol. The van der Waals surface area contributed by atoms with Crippen molar-refractivity contribution >= 4 is 6.09 Å². The topological polar surface area (TPSA) is 131 Å². The van der Waals surface area contributed by atoms with Gasteiger partial charge in [-0.05, 0) is 12.0 Å². The molecule has 0 aliphatic rings. The molecule has 47 heavy (non-hydrogen) atoms. The molecule has 0 fully saturated rings. The normalized spacial score (nSPS) is 11.3. The summed E-state index contributed by atoms with van der Waals surface area (Å²) in [6.07, 6.45) is 4.42. The lowest BCUT2D eigenvalue weighted by Gasteiger charge is -2.09. The Morgan fingerprint density at radius 3 is 1.21 bits per heavy atom. The van der Waals surface area contributed by atoms with Crippen LogP contribution in [0, 0.1) is 0 Å². The molecule has 0 atom stereocenters. The van der Waals surface area contributed by atoms with E-state index >= 15 is 0 Å². The van der Waals surface area contributed by atoms with Crippen molar-refractivity contribution in [1.82, 2.24) is 5.32 Å². The van der Waals surface area contributed by atoms with Gasteiger partial charge in [-0.2, -0.15) is 0 Å². The van der Waals surface area contributed by atoms with Gasteiger partial charge in [0, 0.05) is 13.2 Å². The number of hydrogen-bond acceptors (Lipinski definition) is 12. The quantitative estimate of drug-likeness (QED) is 0.103. The molecule has 0 aliphatic heterocycles. The lowest BCUT2D eigenvalue weighted by molar-refractivity contribution is -0.0264. The minimum Gasteiger partial charge on any atom is -0.445 e. The number of hydrogen-bond donors (Lipinski definition) is 1. The standard InChI is InChI=1S/C34H61NO12/c1-2-3-4-8-12-37-14-16-39-18-20-41-22-24-43-26-28-45-30-31-46-29-27-44-25-23-42-21-19-40-17-15-38-13-11-35-34(36)47-32-33-9-6-5-7-10-33/h5-7,9-10H,2-4,8,11-32H2,1H3,(H,35,36). The van der Waals surface area contributed by atoms with Gasteiger partial charge in [-0.3, -0.25) is 0 Å². The van der Waals surface area contributed by atoms with Crippen molar-refractivity contribution in [3.63, 3.8) is 0 Å². The first-order valence-electron chi connectivity index (χ1n) is 17.0. The molecule has 1 amide bonds. The Balaban J connectivity index is 1.63. The molecular formula is C34H61NO12. The van der Waals surface area contributed by atoms with Crippen molar-refractivity contribution in [3.05, 3.63) is 35.9 Å². The summed E-state index contributed by atoms with van der Waals surface area (Å²) in [5.41, 5.74) is 0.940. The van der Waals surface area contributed by atoms with E-state index in [-0.39, 0.29) is 6.61 Å². The van der Waals surface area contributed by atoms with Gasteiger partial charge >= 0.3 is 6.09 Å². The van der Waals surface area contributed by atoms with Crippen molar-refractivity contribution < 1.29 is 56.9 Å². The second-order valence-corrected chi connectivity index (χ2v) is 10.2. The van der Waals surface area contributed by atoms with Crippen LogP contribution in [0.15, 0.2) is 30.3 Å². The van der Waals surface area contributed by atoms with E-state index in [2.05, 4.69) is 12.2 Å². The number of carbonyl (C=O) groups is 1. The maximum atomic E-state index is 11.6. The smallest absolute Gasteiger partial charge is 0.407 e. The molecule has 1 N–H and O–H groups in total. The first-order chi connectivity index (χ1) is 23.3. The Morgan fingerprint density at radius 2 is 0.830 bits per heavy atom. The summed E-state index contributed by atoms with van der Waals surface area (Å²) >= 11 is 0. The zero-order valence-electron chi connectivity index (χ0n) is 28.7. The Bertz CT molecular complexity index is 762.